The van der Waals surface area contributed by atoms with Crippen molar-refractivity contribution in [2.45, 2.75) is 45.4 Å². The van der Waals surface area contributed by atoms with Crippen molar-refractivity contribution in [2.75, 3.05) is 6.66 Å². The molecular formula is C9H22ClP. The standard InChI is InChI=1S/C8H16.CH5P.ClH/c1-2-3-4-5-8-6-7-8;1-2;/h8H,2-7H2,1H3;2H2,1H3;1H. The molecule has 11 heavy (non-hydrogen) atoms. The Labute approximate surface area is 80.1 Å². The molecule has 0 aliphatic heterocycles. The third kappa shape index (κ3) is 10.7. The second-order valence-electron chi connectivity index (χ2n) is 2.94. The highest BCUT2D eigenvalue weighted by molar-refractivity contribution is 7.15. The van der Waals surface area contributed by atoms with Gasteiger partial charge >= 0.3 is 0 Å². The quantitative estimate of drug-likeness (QED) is 0.473. The molecule has 1 saturated carbocycles. The van der Waals surface area contributed by atoms with Crippen molar-refractivity contribution in [1.82, 2.24) is 0 Å². The molecule has 0 amide bonds. The molecule has 1 atom stereocenters. The Balaban J connectivity index is 0. The molecule has 0 spiro atoms. The highest BCUT2D eigenvalue weighted by Gasteiger charge is 2.19. The summed E-state index contributed by atoms with van der Waals surface area (Å²) in [6.45, 7) is 4.19. The molecule has 2 heteroatoms. The van der Waals surface area contributed by atoms with Gasteiger partial charge in [0.1, 0.15) is 0 Å². The Morgan fingerprint density at radius 3 is 2.09 bits per heavy atom. The van der Waals surface area contributed by atoms with Crippen LogP contribution in [-0.2, 0) is 0 Å². The molecule has 1 fully saturated rings. The predicted molar refractivity (Wildman–Crippen MR) is 59.7 cm³/mol. The van der Waals surface area contributed by atoms with E-state index in [0.29, 0.717) is 0 Å². The van der Waals surface area contributed by atoms with Crippen LogP contribution in [0.1, 0.15) is 45.4 Å². The molecule has 0 aromatic heterocycles. The molecule has 0 heterocycles. The Morgan fingerprint density at radius 2 is 1.73 bits per heavy atom. The van der Waals surface area contributed by atoms with Crippen LogP contribution in [0.4, 0.5) is 0 Å². The molecule has 1 aliphatic carbocycles. The van der Waals surface area contributed by atoms with Gasteiger partial charge in [0, 0.05) is 0 Å². The molecule has 0 N–H and O–H groups in total. The maximum absolute atomic E-state index is 2.42. The SMILES string of the molecule is CCCCCC1CC1.CP.Cl. The molecule has 1 aliphatic rings. The molecule has 0 nitrogen and oxygen atoms in total. The molecule has 1 unspecified atom stereocenters. The van der Waals surface area contributed by atoms with E-state index in [-0.39, 0.29) is 12.4 Å². The maximum atomic E-state index is 2.42. The first kappa shape index (κ1) is 14.3. The molecule has 0 radical (unpaired) electrons. The first-order valence-corrected chi connectivity index (χ1v) is 5.66. The number of rotatable bonds is 4. The smallest absolute Gasteiger partial charge is 0.0414 e. The average Bonchev–Trinajstić information content (AvgIpc) is 2.77. The van der Waals surface area contributed by atoms with Crippen molar-refractivity contribution in [3.05, 3.63) is 0 Å². The van der Waals surface area contributed by atoms with Crippen LogP contribution >= 0.6 is 21.6 Å². The number of halogens is 1. The van der Waals surface area contributed by atoms with Crippen molar-refractivity contribution in [2.24, 2.45) is 5.92 Å². The zero-order chi connectivity index (χ0) is 7.82. The van der Waals surface area contributed by atoms with Crippen LogP contribution in [0.3, 0.4) is 0 Å². The summed E-state index contributed by atoms with van der Waals surface area (Å²) in [5.41, 5.74) is 0. The largest absolute Gasteiger partial charge is 0.147 e. The van der Waals surface area contributed by atoms with Crippen LogP contribution in [0.5, 0.6) is 0 Å². The number of unbranched alkanes of at least 4 members (excludes halogenated alkanes) is 2. The molecule has 70 valence electrons. The van der Waals surface area contributed by atoms with Gasteiger partial charge in [0.25, 0.3) is 0 Å². The fourth-order valence-electron chi connectivity index (χ4n) is 1.09. The van der Waals surface area contributed by atoms with Crippen molar-refractivity contribution >= 4 is 21.6 Å². The summed E-state index contributed by atoms with van der Waals surface area (Å²) < 4.78 is 0. The summed E-state index contributed by atoms with van der Waals surface area (Å²) >= 11 is 0. The summed E-state index contributed by atoms with van der Waals surface area (Å²) in [4.78, 5) is 0. The van der Waals surface area contributed by atoms with Crippen molar-refractivity contribution in [1.29, 1.82) is 0 Å². The van der Waals surface area contributed by atoms with Crippen molar-refractivity contribution < 1.29 is 0 Å². The first-order valence-electron chi connectivity index (χ1n) is 4.51. The average molecular weight is 197 g/mol. The van der Waals surface area contributed by atoms with Crippen molar-refractivity contribution in [3.63, 3.8) is 0 Å². The lowest BCUT2D eigenvalue weighted by atomic mass is 10.1. The summed E-state index contributed by atoms with van der Waals surface area (Å²) in [6, 6.07) is 0. The van der Waals surface area contributed by atoms with Crippen LogP contribution in [0.25, 0.3) is 0 Å². The highest BCUT2D eigenvalue weighted by atomic mass is 35.5. The summed E-state index contributed by atoms with van der Waals surface area (Å²) in [6.07, 6.45) is 8.91. The number of hydrogen-bond donors (Lipinski definition) is 0. The molecule has 1 rings (SSSR count). The topological polar surface area (TPSA) is 0 Å². The lowest BCUT2D eigenvalue weighted by Gasteiger charge is -1.92. The van der Waals surface area contributed by atoms with Crippen LogP contribution in [-0.4, -0.2) is 6.66 Å². The van der Waals surface area contributed by atoms with E-state index in [0.717, 1.165) is 5.92 Å². The first-order chi connectivity index (χ1) is 4.93. The Hall–Kier alpha value is 0.720. The molecular weight excluding hydrogens is 175 g/mol. The van der Waals surface area contributed by atoms with E-state index in [2.05, 4.69) is 16.2 Å². The van der Waals surface area contributed by atoms with E-state index in [4.69, 9.17) is 0 Å². The summed E-state index contributed by atoms with van der Waals surface area (Å²) in [5, 5.41) is 0. The zero-order valence-electron chi connectivity index (χ0n) is 7.81. The summed E-state index contributed by atoms with van der Waals surface area (Å²) in [7, 11) is 2.42. The van der Waals surface area contributed by atoms with Crippen molar-refractivity contribution in [3.8, 4) is 0 Å². The summed E-state index contributed by atoms with van der Waals surface area (Å²) in [5.74, 6) is 1.15. The predicted octanol–water partition coefficient (Wildman–Crippen LogP) is 3.89. The van der Waals surface area contributed by atoms with E-state index < -0.39 is 0 Å². The molecule has 0 aromatic rings. The van der Waals surface area contributed by atoms with Gasteiger partial charge in [0.2, 0.25) is 0 Å². The highest BCUT2D eigenvalue weighted by Crippen LogP contribution is 2.33. The van der Waals surface area contributed by atoms with Gasteiger partial charge in [-0.05, 0) is 5.92 Å². The van der Waals surface area contributed by atoms with Crippen LogP contribution in [0.15, 0.2) is 0 Å². The van der Waals surface area contributed by atoms with Gasteiger partial charge in [-0.15, -0.1) is 21.6 Å². The molecule has 0 bridgehead atoms. The Morgan fingerprint density at radius 1 is 1.18 bits per heavy atom. The Kier molecular flexibility index (Phi) is 13.9. The van der Waals surface area contributed by atoms with E-state index in [1.165, 1.54) is 38.5 Å². The van der Waals surface area contributed by atoms with E-state index in [1.54, 1.807) is 0 Å². The fourth-order valence-corrected chi connectivity index (χ4v) is 1.09. The second-order valence-corrected chi connectivity index (χ2v) is 2.94. The molecule has 0 saturated heterocycles. The minimum atomic E-state index is 0. The van der Waals surface area contributed by atoms with Gasteiger partial charge in [-0.1, -0.05) is 52.1 Å². The lowest BCUT2D eigenvalue weighted by Crippen LogP contribution is -1.75. The van der Waals surface area contributed by atoms with Crippen LogP contribution < -0.4 is 0 Å². The van der Waals surface area contributed by atoms with E-state index in [9.17, 15) is 0 Å². The minimum Gasteiger partial charge on any atom is -0.147 e. The van der Waals surface area contributed by atoms with Gasteiger partial charge in [0.15, 0.2) is 0 Å². The third-order valence-corrected chi connectivity index (χ3v) is 1.91. The van der Waals surface area contributed by atoms with E-state index in [1.807, 2.05) is 6.66 Å². The second kappa shape index (κ2) is 10.7. The normalized spacial score (nSPS) is 14.5. The van der Waals surface area contributed by atoms with E-state index >= 15 is 0 Å². The minimum absolute atomic E-state index is 0. The van der Waals surface area contributed by atoms with Gasteiger partial charge < -0.3 is 0 Å². The maximum Gasteiger partial charge on any atom is -0.0414 e. The Bertz CT molecular complexity index is 62.6. The van der Waals surface area contributed by atoms with Crippen LogP contribution in [0.2, 0.25) is 0 Å². The van der Waals surface area contributed by atoms with Gasteiger partial charge in [-0.25, -0.2) is 0 Å². The van der Waals surface area contributed by atoms with Gasteiger partial charge in [-0.3, -0.25) is 0 Å². The number of hydrogen-bond acceptors (Lipinski definition) is 0. The lowest BCUT2D eigenvalue weighted by molar-refractivity contribution is 0.620. The zero-order valence-corrected chi connectivity index (χ0v) is 9.78. The fraction of sp³-hybridized carbons (Fsp3) is 1.00. The molecule has 0 aromatic carbocycles. The van der Waals surface area contributed by atoms with Gasteiger partial charge in [-0.2, -0.15) is 0 Å². The van der Waals surface area contributed by atoms with Gasteiger partial charge in [0.05, 0.1) is 0 Å². The monoisotopic (exact) mass is 196 g/mol. The van der Waals surface area contributed by atoms with Crippen LogP contribution in [0, 0.1) is 5.92 Å². The third-order valence-electron chi connectivity index (χ3n) is 1.91.